The Balaban J connectivity index is 1.38. The monoisotopic (exact) mass is 430 g/mol. The zero-order valence-corrected chi connectivity index (χ0v) is 19.0. The molecule has 5 rings (SSSR count). The first-order chi connectivity index (χ1) is 15.6. The second-order valence-corrected chi connectivity index (χ2v) is 8.80. The van der Waals surface area contributed by atoms with Crippen LogP contribution in [0.3, 0.4) is 0 Å². The van der Waals surface area contributed by atoms with Crippen molar-refractivity contribution in [3.63, 3.8) is 0 Å². The van der Waals surface area contributed by atoms with Crippen molar-refractivity contribution < 1.29 is 0 Å². The number of piperazine rings is 1. The van der Waals surface area contributed by atoms with E-state index in [1.54, 1.807) is 0 Å². The molecule has 4 heterocycles. The maximum atomic E-state index is 4.83. The molecular formula is C24H30N8. The highest BCUT2D eigenvalue weighted by molar-refractivity contribution is 6.03. The fourth-order valence-electron chi connectivity index (χ4n) is 4.29. The van der Waals surface area contributed by atoms with Gasteiger partial charge in [-0.3, -0.25) is 4.68 Å². The Morgan fingerprint density at radius 2 is 1.75 bits per heavy atom. The zero-order valence-electron chi connectivity index (χ0n) is 19.0. The highest BCUT2D eigenvalue weighted by Crippen LogP contribution is 2.26. The largest absolute Gasteiger partial charge is 0.368 e. The number of pyridine rings is 1. The molecule has 0 radical (unpaired) electrons. The van der Waals surface area contributed by atoms with Crippen LogP contribution in [-0.2, 0) is 6.54 Å². The van der Waals surface area contributed by atoms with E-state index in [1.807, 2.05) is 35.4 Å². The minimum absolute atomic E-state index is 0.500. The lowest BCUT2D eigenvalue weighted by atomic mass is 10.1. The van der Waals surface area contributed by atoms with Gasteiger partial charge in [0, 0.05) is 49.7 Å². The van der Waals surface area contributed by atoms with Crippen LogP contribution in [0.25, 0.3) is 21.8 Å². The molecule has 166 valence electrons. The minimum atomic E-state index is 0.500. The van der Waals surface area contributed by atoms with E-state index >= 15 is 0 Å². The van der Waals surface area contributed by atoms with Gasteiger partial charge in [-0.25, -0.2) is 15.0 Å². The third-order valence-electron chi connectivity index (χ3n) is 6.06. The first kappa shape index (κ1) is 20.6. The number of benzene rings is 1. The molecule has 1 saturated heterocycles. The van der Waals surface area contributed by atoms with Crippen molar-refractivity contribution in [1.29, 1.82) is 0 Å². The van der Waals surface area contributed by atoms with Crippen molar-refractivity contribution >= 4 is 39.3 Å². The molecule has 0 saturated carbocycles. The average molecular weight is 431 g/mol. The van der Waals surface area contributed by atoms with E-state index in [1.165, 1.54) is 0 Å². The van der Waals surface area contributed by atoms with Gasteiger partial charge in [0.25, 0.3) is 0 Å². The highest BCUT2D eigenvalue weighted by atomic mass is 15.3. The molecule has 0 atom stereocenters. The molecule has 3 aromatic heterocycles. The lowest BCUT2D eigenvalue weighted by Gasteiger charge is -2.35. The Morgan fingerprint density at radius 3 is 2.47 bits per heavy atom. The summed E-state index contributed by atoms with van der Waals surface area (Å²) in [5.74, 6) is 1.78. The molecule has 32 heavy (non-hydrogen) atoms. The molecule has 0 bridgehead atoms. The van der Waals surface area contributed by atoms with E-state index in [0.29, 0.717) is 11.9 Å². The fraction of sp³-hybridized carbons (Fsp3) is 0.417. The van der Waals surface area contributed by atoms with Crippen molar-refractivity contribution in [2.45, 2.75) is 27.3 Å². The van der Waals surface area contributed by atoms with Gasteiger partial charge in [-0.1, -0.05) is 32.9 Å². The van der Waals surface area contributed by atoms with Crippen molar-refractivity contribution in [1.82, 2.24) is 29.6 Å². The van der Waals surface area contributed by atoms with Gasteiger partial charge >= 0.3 is 0 Å². The normalized spacial score (nSPS) is 15.2. The van der Waals surface area contributed by atoms with Crippen LogP contribution in [0.4, 0.5) is 17.5 Å². The van der Waals surface area contributed by atoms with E-state index < -0.39 is 0 Å². The Labute approximate surface area is 188 Å². The average Bonchev–Trinajstić information content (AvgIpc) is 3.22. The predicted molar refractivity (Wildman–Crippen MR) is 130 cm³/mol. The highest BCUT2D eigenvalue weighted by Gasteiger charge is 2.16. The molecule has 1 fully saturated rings. The number of likely N-dealkylation sites (N-methyl/N-ethyl adjacent to an activating group) is 1. The second kappa shape index (κ2) is 8.70. The third-order valence-corrected chi connectivity index (χ3v) is 6.06. The molecule has 0 unspecified atom stereocenters. The first-order valence-electron chi connectivity index (χ1n) is 11.4. The van der Waals surface area contributed by atoms with Gasteiger partial charge in [0.05, 0.1) is 23.6 Å². The molecule has 1 aromatic carbocycles. The van der Waals surface area contributed by atoms with E-state index in [4.69, 9.17) is 4.98 Å². The van der Waals surface area contributed by atoms with Gasteiger partial charge in [0.1, 0.15) is 11.3 Å². The van der Waals surface area contributed by atoms with Crippen LogP contribution in [0.2, 0.25) is 0 Å². The quantitative estimate of drug-likeness (QED) is 0.497. The van der Waals surface area contributed by atoms with Crippen molar-refractivity contribution in [3.05, 3.63) is 42.9 Å². The first-order valence-corrected chi connectivity index (χ1v) is 11.4. The number of anilines is 3. The number of aromatic nitrogens is 5. The van der Waals surface area contributed by atoms with Crippen molar-refractivity contribution in [2.75, 3.05) is 42.9 Å². The summed E-state index contributed by atoms with van der Waals surface area (Å²) >= 11 is 0. The van der Waals surface area contributed by atoms with E-state index in [0.717, 1.165) is 72.6 Å². The summed E-state index contributed by atoms with van der Waals surface area (Å²) < 4.78 is 2.05. The lowest BCUT2D eigenvalue weighted by Crippen LogP contribution is -2.46. The molecule has 8 heteroatoms. The maximum absolute atomic E-state index is 4.83. The molecule has 1 aliphatic rings. The van der Waals surface area contributed by atoms with Crippen LogP contribution in [0.5, 0.6) is 0 Å². The molecule has 0 spiro atoms. The number of nitrogens with one attached hydrogen (secondary N) is 1. The molecular weight excluding hydrogens is 400 g/mol. The Morgan fingerprint density at radius 1 is 0.938 bits per heavy atom. The summed E-state index contributed by atoms with van der Waals surface area (Å²) in [7, 11) is 0. The molecule has 1 aliphatic heterocycles. The Kier molecular flexibility index (Phi) is 5.61. The standard InChI is InChI=1S/C24H30N8/c1-4-30-9-11-31(12-10-30)20-7-8-21(25-15-20)28-24-26-13-18-5-6-19-14-27-32(16-17(2)3)23(19)22(18)29-24/h5-8,13-15,17H,4,9-12,16H2,1-3H3,(H,25,26,28,29). The molecule has 0 aliphatic carbocycles. The van der Waals surface area contributed by atoms with Gasteiger partial charge in [-0.15, -0.1) is 0 Å². The van der Waals surface area contributed by atoms with Crippen LogP contribution in [0, 0.1) is 5.92 Å². The topological polar surface area (TPSA) is 75.0 Å². The number of rotatable bonds is 6. The van der Waals surface area contributed by atoms with Gasteiger partial charge in [-0.2, -0.15) is 5.10 Å². The zero-order chi connectivity index (χ0) is 22.1. The van der Waals surface area contributed by atoms with E-state index in [9.17, 15) is 0 Å². The Hall–Kier alpha value is -3.26. The molecule has 8 nitrogen and oxygen atoms in total. The Bertz CT molecular complexity index is 1210. The summed E-state index contributed by atoms with van der Waals surface area (Å²) in [4.78, 5) is 18.8. The van der Waals surface area contributed by atoms with Gasteiger partial charge < -0.3 is 15.1 Å². The van der Waals surface area contributed by atoms with Crippen LogP contribution in [-0.4, -0.2) is 62.4 Å². The molecule has 4 aromatic rings. The van der Waals surface area contributed by atoms with Crippen LogP contribution < -0.4 is 10.2 Å². The minimum Gasteiger partial charge on any atom is -0.368 e. The summed E-state index contributed by atoms with van der Waals surface area (Å²) in [5, 5.41) is 9.94. The van der Waals surface area contributed by atoms with Crippen LogP contribution in [0.15, 0.2) is 42.9 Å². The fourth-order valence-corrected chi connectivity index (χ4v) is 4.29. The molecule has 1 N–H and O–H groups in total. The second-order valence-electron chi connectivity index (χ2n) is 8.80. The van der Waals surface area contributed by atoms with Gasteiger partial charge in [0.2, 0.25) is 5.95 Å². The number of fused-ring (bicyclic) bond motifs is 3. The van der Waals surface area contributed by atoms with Gasteiger partial charge in [-0.05, 0) is 24.6 Å². The maximum Gasteiger partial charge on any atom is 0.228 e. The number of hydrogen-bond donors (Lipinski definition) is 1. The summed E-state index contributed by atoms with van der Waals surface area (Å²) in [5.41, 5.74) is 3.12. The van der Waals surface area contributed by atoms with E-state index in [2.05, 4.69) is 63.1 Å². The van der Waals surface area contributed by atoms with Crippen LogP contribution in [0.1, 0.15) is 20.8 Å². The SMILES string of the molecule is CCN1CCN(c2ccc(Nc3ncc4ccc5cnn(CC(C)C)c5c4n3)nc2)CC1. The smallest absolute Gasteiger partial charge is 0.228 e. The number of nitrogens with zero attached hydrogens (tertiary/aromatic N) is 7. The molecule has 0 amide bonds. The summed E-state index contributed by atoms with van der Waals surface area (Å²) in [6.07, 6.45) is 5.70. The van der Waals surface area contributed by atoms with Crippen molar-refractivity contribution in [2.24, 2.45) is 5.92 Å². The summed E-state index contributed by atoms with van der Waals surface area (Å²) in [6, 6.07) is 8.25. The van der Waals surface area contributed by atoms with E-state index in [-0.39, 0.29) is 0 Å². The third kappa shape index (κ3) is 4.10. The van der Waals surface area contributed by atoms with Crippen molar-refractivity contribution in [3.8, 4) is 0 Å². The number of hydrogen-bond acceptors (Lipinski definition) is 7. The summed E-state index contributed by atoms with van der Waals surface area (Å²) in [6.45, 7) is 12.9. The van der Waals surface area contributed by atoms with Crippen LogP contribution >= 0.6 is 0 Å². The van der Waals surface area contributed by atoms with Gasteiger partial charge in [0.15, 0.2) is 0 Å². The lowest BCUT2D eigenvalue weighted by molar-refractivity contribution is 0.271. The predicted octanol–water partition coefficient (Wildman–Crippen LogP) is 3.92.